The summed E-state index contributed by atoms with van der Waals surface area (Å²) in [7, 11) is 0. The van der Waals surface area contributed by atoms with E-state index in [9.17, 15) is 4.79 Å². The summed E-state index contributed by atoms with van der Waals surface area (Å²) in [6.07, 6.45) is 5.73. The zero-order chi connectivity index (χ0) is 16.2. The number of amides is 1. The van der Waals surface area contributed by atoms with E-state index < -0.39 is 0 Å². The first-order chi connectivity index (χ1) is 11.2. The van der Waals surface area contributed by atoms with Crippen LogP contribution in [0.4, 0.5) is 0 Å². The van der Waals surface area contributed by atoms with Crippen molar-refractivity contribution in [3.05, 3.63) is 36.0 Å². The van der Waals surface area contributed by atoms with E-state index >= 15 is 0 Å². The molecule has 2 heterocycles. The molecule has 2 aromatic rings. The molecule has 0 spiro atoms. The van der Waals surface area contributed by atoms with Gasteiger partial charge in [0.25, 0.3) is 0 Å². The average molecular weight is 330 g/mol. The first-order valence-corrected chi connectivity index (χ1v) is 9.67. The van der Waals surface area contributed by atoms with Crippen LogP contribution in [0.5, 0.6) is 0 Å². The number of para-hydroxylation sites is 1. The lowest BCUT2D eigenvalue weighted by atomic mass is 10.2. The summed E-state index contributed by atoms with van der Waals surface area (Å²) < 4.78 is 2.11. The van der Waals surface area contributed by atoms with E-state index in [1.54, 1.807) is 0 Å². The first kappa shape index (κ1) is 16.4. The van der Waals surface area contributed by atoms with Crippen LogP contribution in [-0.2, 0) is 11.3 Å². The van der Waals surface area contributed by atoms with E-state index in [4.69, 9.17) is 0 Å². The van der Waals surface area contributed by atoms with Crippen molar-refractivity contribution in [1.29, 1.82) is 0 Å². The maximum Gasteiger partial charge on any atom is 0.242 e. The highest BCUT2D eigenvalue weighted by Crippen LogP contribution is 2.23. The molecule has 0 bridgehead atoms. The molecule has 3 nitrogen and oxygen atoms in total. The summed E-state index contributed by atoms with van der Waals surface area (Å²) in [5.41, 5.74) is 2.40. The van der Waals surface area contributed by atoms with Gasteiger partial charge in [-0.25, -0.2) is 0 Å². The number of nitrogens with zero attached hydrogens (tertiary/aromatic N) is 2. The van der Waals surface area contributed by atoms with Gasteiger partial charge in [-0.3, -0.25) is 4.79 Å². The van der Waals surface area contributed by atoms with Crippen molar-refractivity contribution in [2.45, 2.75) is 44.9 Å². The molecule has 1 aliphatic rings. The Morgan fingerprint density at radius 2 is 2.13 bits per heavy atom. The molecule has 1 saturated heterocycles. The molecule has 0 saturated carbocycles. The van der Waals surface area contributed by atoms with E-state index in [-0.39, 0.29) is 5.91 Å². The highest BCUT2D eigenvalue weighted by molar-refractivity contribution is 7.99. The van der Waals surface area contributed by atoms with Crippen LogP contribution in [0.25, 0.3) is 10.9 Å². The minimum Gasteiger partial charge on any atom is -0.340 e. The lowest BCUT2D eigenvalue weighted by Gasteiger charge is -2.24. The fourth-order valence-electron chi connectivity index (χ4n) is 3.51. The van der Waals surface area contributed by atoms with Gasteiger partial charge >= 0.3 is 0 Å². The molecule has 0 aliphatic carbocycles. The lowest BCUT2D eigenvalue weighted by Crippen LogP contribution is -2.37. The maximum absolute atomic E-state index is 12.8. The highest BCUT2D eigenvalue weighted by atomic mass is 32.2. The molecule has 1 unspecified atom stereocenters. The summed E-state index contributed by atoms with van der Waals surface area (Å²) >= 11 is 2.00. The standard InChI is InChI=1S/C19H26N2OS/c1-3-23-16-8-6-7-11-20(13-16)19(22)14-21-12-15(2)17-9-4-5-10-18(17)21/h4-5,9-10,12,16H,3,6-8,11,13-14H2,1-2H3. The Labute approximate surface area is 143 Å². The zero-order valence-corrected chi connectivity index (χ0v) is 14.9. The lowest BCUT2D eigenvalue weighted by molar-refractivity contribution is -0.131. The van der Waals surface area contributed by atoms with Crippen LogP contribution < -0.4 is 0 Å². The van der Waals surface area contributed by atoms with Gasteiger partial charge in [-0.1, -0.05) is 31.5 Å². The van der Waals surface area contributed by atoms with Crippen molar-refractivity contribution in [2.24, 2.45) is 0 Å². The summed E-state index contributed by atoms with van der Waals surface area (Å²) in [6, 6.07) is 8.34. The number of benzene rings is 1. The van der Waals surface area contributed by atoms with Gasteiger partial charge in [-0.05, 0) is 37.1 Å². The molecule has 1 fully saturated rings. The van der Waals surface area contributed by atoms with Gasteiger partial charge in [0, 0.05) is 35.4 Å². The normalized spacial score (nSPS) is 19.0. The van der Waals surface area contributed by atoms with Gasteiger partial charge in [0.15, 0.2) is 0 Å². The highest BCUT2D eigenvalue weighted by Gasteiger charge is 2.22. The third-order valence-electron chi connectivity index (χ3n) is 4.68. The molecular formula is C19H26N2OS. The van der Waals surface area contributed by atoms with Crippen LogP contribution >= 0.6 is 11.8 Å². The van der Waals surface area contributed by atoms with Crippen molar-refractivity contribution in [3.8, 4) is 0 Å². The van der Waals surface area contributed by atoms with Gasteiger partial charge < -0.3 is 9.47 Å². The van der Waals surface area contributed by atoms with Gasteiger partial charge in [-0.2, -0.15) is 11.8 Å². The molecule has 1 amide bonds. The second-order valence-corrected chi connectivity index (χ2v) is 7.95. The number of thioether (sulfide) groups is 1. The van der Waals surface area contributed by atoms with Crippen molar-refractivity contribution >= 4 is 28.6 Å². The molecular weight excluding hydrogens is 304 g/mol. The summed E-state index contributed by atoms with van der Waals surface area (Å²) in [6.45, 7) is 6.60. The summed E-state index contributed by atoms with van der Waals surface area (Å²) in [5, 5.41) is 1.85. The van der Waals surface area contributed by atoms with Crippen molar-refractivity contribution in [2.75, 3.05) is 18.8 Å². The number of aromatic nitrogens is 1. The molecule has 1 aromatic heterocycles. The third kappa shape index (κ3) is 3.74. The Hall–Kier alpha value is -1.42. The molecule has 1 aliphatic heterocycles. The van der Waals surface area contributed by atoms with E-state index in [1.807, 2.05) is 17.8 Å². The quantitative estimate of drug-likeness (QED) is 0.844. The number of likely N-dealkylation sites (tertiary alicyclic amines) is 1. The van der Waals surface area contributed by atoms with Gasteiger partial charge in [0.1, 0.15) is 6.54 Å². The second kappa shape index (κ2) is 7.43. The largest absolute Gasteiger partial charge is 0.340 e. The van der Waals surface area contributed by atoms with Gasteiger partial charge in [0.2, 0.25) is 5.91 Å². The number of aryl methyl sites for hydroxylation is 1. The van der Waals surface area contributed by atoms with Crippen LogP contribution in [0.15, 0.2) is 30.5 Å². The number of fused-ring (bicyclic) bond motifs is 1. The molecule has 23 heavy (non-hydrogen) atoms. The van der Waals surface area contributed by atoms with Crippen LogP contribution in [0, 0.1) is 6.92 Å². The fourth-order valence-corrected chi connectivity index (χ4v) is 4.60. The zero-order valence-electron chi connectivity index (χ0n) is 14.1. The Kier molecular flexibility index (Phi) is 5.31. The van der Waals surface area contributed by atoms with Crippen LogP contribution in [-0.4, -0.2) is 39.5 Å². The molecule has 4 heteroatoms. The van der Waals surface area contributed by atoms with E-state index in [2.05, 4.69) is 47.7 Å². The summed E-state index contributed by atoms with van der Waals surface area (Å²) in [5.74, 6) is 1.39. The number of hydrogen-bond acceptors (Lipinski definition) is 2. The van der Waals surface area contributed by atoms with Crippen molar-refractivity contribution < 1.29 is 4.79 Å². The van der Waals surface area contributed by atoms with Gasteiger partial charge in [0.05, 0.1) is 0 Å². The first-order valence-electron chi connectivity index (χ1n) is 8.63. The predicted molar refractivity (Wildman–Crippen MR) is 99.0 cm³/mol. The Morgan fingerprint density at radius 3 is 2.96 bits per heavy atom. The topological polar surface area (TPSA) is 25.2 Å². The molecule has 0 N–H and O–H groups in total. The van der Waals surface area contributed by atoms with Gasteiger partial charge in [-0.15, -0.1) is 0 Å². The number of carbonyl (C=O) groups excluding carboxylic acids is 1. The van der Waals surface area contributed by atoms with Crippen LogP contribution in [0.2, 0.25) is 0 Å². The summed E-state index contributed by atoms with van der Waals surface area (Å²) in [4.78, 5) is 14.9. The molecule has 1 aromatic carbocycles. The van der Waals surface area contributed by atoms with Crippen molar-refractivity contribution in [3.63, 3.8) is 0 Å². The molecule has 124 valence electrons. The van der Waals surface area contributed by atoms with E-state index in [1.165, 1.54) is 23.8 Å². The van der Waals surface area contributed by atoms with Crippen molar-refractivity contribution in [1.82, 2.24) is 9.47 Å². The number of carbonyl (C=O) groups is 1. The monoisotopic (exact) mass is 330 g/mol. The number of hydrogen-bond donors (Lipinski definition) is 0. The minimum atomic E-state index is 0.259. The minimum absolute atomic E-state index is 0.259. The average Bonchev–Trinajstić information content (AvgIpc) is 2.73. The molecule has 3 rings (SSSR count). The number of rotatable bonds is 4. The van der Waals surface area contributed by atoms with Crippen LogP contribution in [0.1, 0.15) is 31.7 Å². The Bertz CT molecular complexity index is 679. The SMILES string of the molecule is CCSC1CCCCN(C(=O)Cn2cc(C)c3ccccc32)C1. The smallest absolute Gasteiger partial charge is 0.242 e. The Balaban J connectivity index is 1.74. The Morgan fingerprint density at radius 1 is 1.30 bits per heavy atom. The molecule has 1 atom stereocenters. The van der Waals surface area contributed by atoms with E-state index in [0.29, 0.717) is 11.8 Å². The fraction of sp³-hybridized carbons (Fsp3) is 0.526. The molecule has 0 radical (unpaired) electrons. The third-order valence-corrected chi connectivity index (χ3v) is 5.87. The predicted octanol–water partition coefficient (Wildman–Crippen LogP) is 4.08. The van der Waals surface area contributed by atoms with Crippen LogP contribution in [0.3, 0.4) is 0 Å². The maximum atomic E-state index is 12.8. The second-order valence-electron chi connectivity index (χ2n) is 6.37. The van der Waals surface area contributed by atoms with E-state index in [0.717, 1.165) is 30.8 Å².